The number of carbonyl (C=O) groups is 1. The number of morpholine rings is 1. The lowest BCUT2D eigenvalue weighted by Crippen LogP contribution is -2.35. The molecule has 0 atom stereocenters. The molecule has 0 bridgehead atoms. The first-order valence-electron chi connectivity index (χ1n) is 7.57. The molecule has 6 nitrogen and oxygen atoms in total. The van der Waals surface area contributed by atoms with Crippen molar-refractivity contribution in [2.24, 2.45) is 0 Å². The van der Waals surface area contributed by atoms with Gasteiger partial charge in [0.25, 0.3) is 0 Å². The second kappa shape index (κ2) is 6.14. The zero-order chi connectivity index (χ0) is 16.6. The van der Waals surface area contributed by atoms with Crippen LogP contribution in [0.1, 0.15) is 28.4 Å². The Bertz CT molecular complexity index is 818. The van der Waals surface area contributed by atoms with Crippen molar-refractivity contribution < 1.29 is 19.1 Å². The maximum absolute atomic E-state index is 12.0. The molecule has 0 aliphatic carbocycles. The van der Waals surface area contributed by atoms with E-state index in [1.165, 1.54) is 6.92 Å². The highest BCUT2D eigenvalue weighted by molar-refractivity contribution is 5.97. The first-order chi connectivity index (χ1) is 11.0. The molecule has 1 aromatic heterocycles. The fourth-order valence-corrected chi connectivity index (χ4v) is 2.86. The molecule has 1 aliphatic heterocycles. The Morgan fingerprint density at radius 1 is 1.30 bits per heavy atom. The summed E-state index contributed by atoms with van der Waals surface area (Å²) in [5.74, 6) is -0.233. The van der Waals surface area contributed by atoms with E-state index in [0.29, 0.717) is 36.3 Å². The Kier molecular flexibility index (Phi) is 4.19. The molecular formula is C17H19NO5. The Balaban J connectivity index is 2.14. The molecule has 1 aliphatic rings. The number of hydrogen-bond donors (Lipinski definition) is 1. The molecule has 1 N–H and O–H groups in total. The number of nitrogens with zero attached hydrogens (tertiary/aromatic N) is 1. The molecule has 0 spiro atoms. The van der Waals surface area contributed by atoms with Gasteiger partial charge < -0.3 is 14.3 Å². The fraction of sp³-hybridized carbons (Fsp3) is 0.412. The lowest BCUT2D eigenvalue weighted by atomic mass is 10.0. The molecule has 2 heterocycles. The Labute approximate surface area is 133 Å². The van der Waals surface area contributed by atoms with Crippen LogP contribution in [0.2, 0.25) is 0 Å². The van der Waals surface area contributed by atoms with Crippen LogP contribution >= 0.6 is 0 Å². The summed E-state index contributed by atoms with van der Waals surface area (Å²) >= 11 is 0. The normalized spacial score (nSPS) is 15.9. The van der Waals surface area contributed by atoms with Crippen molar-refractivity contribution in [3.63, 3.8) is 0 Å². The third-order valence-electron chi connectivity index (χ3n) is 4.17. The van der Waals surface area contributed by atoms with Gasteiger partial charge in [0.1, 0.15) is 16.9 Å². The van der Waals surface area contributed by atoms with Crippen LogP contribution in [0.15, 0.2) is 21.3 Å². The lowest BCUT2D eigenvalue weighted by molar-refractivity contribution is 0.0339. The lowest BCUT2D eigenvalue weighted by Gasteiger charge is -2.27. The zero-order valence-electron chi connectivity index (χ0n) is 13.2. The number of phenols is 1. The number of carbonyl (C=O) groups excluding carboxylic acids is 1. The maximum atomic E-state index is 12.0. The van der Waals surface area contributed by atoms with Gasteiger partial charge in [-0.05, 0) is 31.5 Å². The van der Waals surface area contributed by atoms with Crippen molar-refractivity contribution in [3.8, 4) is 5.75 Å². The molecule has 1 saturated heterocycles. The number of hydrogen-bond acceptors (Lipinski definition) is 6. The van der Waals surface area contributed by atoms with Crippen LogP contribution < -0.4 is 5.63 Å². The van der Waals surface area contributed by atoms with E-state index in [0.717, 1.165) is 18.7 Å². The van der Waals surface area contributed by atoms with Gasteiger partial charge >= 0.3 is 5.63 Å². The molecule has 122 valence electrons. The first-order valence-corrected chi connectivity index (χ1v) is 7.57. The van der Waals surface area contributed by atoms with Crippen molar-refractivity contribution in [1.29, 1.82) is 0 Å². The average Bonchev–Trinajstić information content (AvgIpc) is 2.51. The quantitative estimate of drug-likeness (QED) is 0.687. The first kappa shape index (κ1) is 15.7. The van der Waals surface area contributed by atoms with E-state index in [-0.39, 0.29) is 17.1 Å². The van der Waals surface area contributed by atoms with E-state index >= 15 is 0 Å². The highest BCUT2D eigenvalue weighted by Gasteiger charge is 2.20. The van der Waals surface area contributed by atoms with Gasteiger partial charge in [-0.2, -0.15) is 0 Å². The zero-order valence-corrected chi connectivity index (χ0v) is 13.2. The van der Waals surface area contributed by atoms with E-state index in [4.69, 9.17) is 9.15 Å². The average molecular weight is 317 g/mol. The van der Waals surface area contributed by atoms with Gasteiger partial charge in [0.15, 0.2) is 5.78 Å². The third-order valence-corrected chi connectivity index (χ3v) is 4.17. The third kappa shape index (κ3) is 3.00. The molecule has 0 saturated carbocycles. The number of aryl methyl sites for hydroxylation is 1. The van der Waals surface area contributed by atoms with Crippen molar-refractivity contribution in [3.05, 3.63) is 39.2 Å². The number of Topliss-reactive ketones (excluding diaryl/α,β-unsaturated/α-hetero) is 1. The largest absolute Gasteiger partial charge is 0.507 e. The topological polar surface area (TPSA) is 80.0 Å². The van der Waals surface area contributed by atoms with Gasteiger partial charge in [-0.3, -0.25) is 9.69 Å². The predicted octanol–water partition coefficient (Wildman–Crippen LogP) is 1.84. The number of ether oxygens (including phenoxy) is 1. The van der Waals surface area contributed by atoms with Gasteiger partial charge in [-0.25, -0.2) is 4.79 Å². The van der Waals surface area contributed by atoms with Crippen LogP contribution in [-0.2, 0) is 11.3 Å². The van der Waals surface area contributed by atoms with Crippen molar-refractivity contribution in [1.82, 2.24) is 4.90 Å². The Morgan fingerprint density at radius 2 is 2.00 bits per heavy atom. The van der Waals surface area contributed by atoms with Crippen LogP contribution in [0.3, 0.4) is 0 Å². The highest BCUT2D eigenvalue weighted by Crippen LogP contribution is 2.31. The smallest absolute Gasteiger partial charge is 0.347 e. The molecule has 6 heteroatoms. The van der Waals surface area contributed by atoms with Gasteiger partial charge in [-0.15, -0.1) is 0 Å². The van der Waals surface area contributed by atoms with Crippen molar-refractivity contribution in [2.45, 2.75) is 20.4 Å². The fourth-order valence-electron chi connectivity index (χ4n) is 2.86. The van der Waals surface area contributed by atoms with Crippen molar-refractivity contribution in [2.75, 3.05) is 26.3 Å². The molecule has 2 aromatic rings. The van der Waals surface area contributed by atoms with Gasteiger partial charge in [-0.1, -0.05) is 0 Å². The Morgan fingerprint density at radius 3 is 2.65 bits per heavy atom. The summed E-state index contributed by atoms with van der Waals surface area (Å²) in [6.07, 6.45) is 0. The van der Waals surface area contributed by atoms with E-state index in [1.807, 2.05) is 6.92 Å². The van der Waals surface area contributed by atoms with Crippen molar-refractivity contribution >= 4 is 16.8 Å². The molecule has 1 fully saturated rings. The monoisotopic (exact) mass is 317 g/mol. The Hall–Kier alpha value is -2.18. The van der Waals surface area contributed by atoms with Crippen LogP contribution in [-0.4, -0.2) is 42.1 Å². The number of rotatable bonds is 3. The molecule has 0 amide bonds. The summed E-state index contributed by atoms with van der Waals surface area (Å²) in [5, 5.41) is 11.0. The van der Waals surface area contributed by atoms with E-state index in [1.54, 1.807) is 12.1 Å². The molecule has 3 rings (SSSR count). The molecule has 23 heavy (non-hydrogen) atoms. The standard InChI is InChI=1S/C17H19NO5/c1-10-7-15(20)14(9-18-3-5-22-6-4-18)16-12(10)8-13(11(2)19)17(21)23-16/h7-8,20H,3-6,9H2,1-2H3. The summed E-state index contributed by atoms with van der Waals surface area (Å²) in [6, 6.07) is 3.20. The van der Waals surface area contributed by atoms with Crippen LogP contribution in [0.5, 0.6) is 5.75 Å². The second-order valence-corrected chi connectivity index (χ2v) is 5.83. The number of benzene rings is 1. The number of fused-ring (bicyclic) bond motifs is 1. The summed E-state index contributed by atoms with van der Waals surface area (Å²) in [4.78, 5) is 25.7. The highest BCUT2D eigenvalue weighted by atomic mass is 16.5. The SMILES string of the molecule is CC(=O)c1cc2c(C)cc(O)c(CN3CCOCC3)c2oc1=O. The van der Waals surface area contributed by atoms with Crippen LogP contribution in [0.4, 0.5) is 0 Å². The van der Waals surface area contributed by atoms with Crippen LogP contribution in [0.25, 0.3) is 11.0 Å². The summed E-state index contributed by atoms with van der Waals surface area (Å²) in [7, 11) is 0. The van der Waals surface area contributed by atoms with Gasteiger partial charge in [0, 0.05) is 25.0 Å². The minimum absolute atomic E-state index is 0.0311. The predicted molar refractivity (Wildman–Crippen MR) is 85.0 cm³/mol. The molecular weight excluding hydrogens is 298 g/mol. The van der Waals surface area contributed by atoms with E-state index in [2.05, 4.69) is 4.90 Å². The maximum Gasteiger partial charge on any atom is 0.347 e. The molecule has 0 radical (unpaired) electrons. The molecule has 0 unspecified atom stereocenters. The van der Waals surface area contributed by atoms with Crippen LogP contribution in [0, 0.1) is 6.92 Å². The summed E-state index contributed by atoms with van der Waals surface area (Å²) in [6.45, 7) is 6.41. The minimum Gasteiger partial charge on any atom is -0.507 e. The van der Waals surface area contributed by atoms with Gasteiger partial charge in [0.2, 0.25) is 0 Å². The number of ketones is 1. The number of aromatic hydroxyl groups is 1. The van der Waals surface area contributed by atoms with Gasteiger partial charge in [0.05, 0.1) is 18.8 Å². The summed E-state index contributed by atoms with van der Waals surface area (Å²) in [5.41, 5.74) is 1.04. The number of phenolic OH excluding ortho intramolecular Hbond substituents is 1. The summed E-state index contributed by atoms with van der Waals surface area (Å²) < 4.78 is 10.7. The second-order valence-electron chi connectivity index (χ2n) is 5.83. The molecule has 1 aromatic carbocycles. The minimum atomic E-state index is -0.668. The van der Waals surface area contributed by atoms with E-state index in [9.17, 15) is 14.7 Å². The van der Waals surface area contributed by atoms with E-state index < -0.39 is 5.63 Å².